The minimum atomic E-state index is -0.986. The molecule has 0 fully saturated rings. The van der Waals surface area contributed by atoms with Gasteiger partial charge in [0, 0.05) is 11.6 Å². The maximum absolute atomic E-state index is 12.0. The Labute approximate surface area is 106 Å². The zero-order valence-electron chi connectivity index (χ0n) is 10.8. The Kier molecular flexibility index (Phi) is 4.42. The molecule has 0 heterocycles. The number of nitro groups is 1. The third-order valence-corrected chi connectivity index (χ3v) is 3.13. The summed E-state index contributed by atoms with van der Waals surface area (Å²) in [5, 5.41) is 11.0. The third kappa shape index (κ3) is 2.50. The van der Waals surface area contributed by atoms with E-state index in [1.54, 1.807) is 32.0 Å². The van der Waals surface area contributed by atoms with Crippen molar-refractivity contribution in [3.63, 3.8) is 0 Å². The van der Waals surface area contributed by atoms with Crippen molar-refractivity contribution in [3.8, 4) is 0 Å². The lowest BCUT2D eigenvalue weighted by Gasteiger charge is -2.25. The molecule has 0 aliphatic carbocycles. The van der Waals surface area contributed by atoms with Crippen molar-refractivity contribution in [2.75, 3.05) is 6.61 Å². The van der Waals surface area contributed by atoms with E-state index in [1.165, 1.54) is 6.07 Å². The number of ether oxygens (including phenoxy) is 1. The Morgan fingerprint density at radius 2 is 2.00 bits per heavy atom. The first-order chi connectivity index (χ1) is 8.47. The Morgan fingerprint density at radius 1 is 1.39 bits per heavy atom. The number of carbonyl (C=O) groups is 1. The fourth-order valence-electron chi connectivity index (χ4n) is 1.83. The SMILES string of the molecule is CCOC(=O)C(C)(CC)c1ccccc1[N+](=O)[O-]. The molecule has 0 aliphatic rings. The molecule has 1 atom stereocenters. The summed E-state index contributed by atoms with van der Waals surface area (Å²) < 4.78 is 5.03. The van der Waals surface area contributed by atoms with Gasteiger partial charge in [-0.05, 0) is 20.3 Å². The minimum Gasteiger partial charge on any atom is -0.465 e. The summed E-state index contributed by atoms with van der Waals surface area (Å²) in [7, 11) is 0. The van der Waals surface area contributed by atoms with Gasteiger partial charge >= 0.3 is 5.97 Å². The first kappa shape index (κ1) is 14.2. The Bertz CT molecular complexity index is 458. The van der Waals surface area contributed by atoms with Crippen LogP contribution in [0.2, 0.25) is 0 Å². The maximum Gasteiger partial charge on any atom is 0.316 e. The molecule has 0 aliphatic heterocycles. The molecule has 0 aromatic heterocycles. The van der Waals surface area contributed by atoms with Crippen molar-refractivity contribution < 1.29 is 14.5 Å². The van der Waals surface area contributed by atoms with E-state index < -0.39 is 16.3 Å². The van der Waals surface area contributed by atoms with Crippen molar-refractivity contribution in [2.24, 2.45) is 0 Å². The average molecular weight is 251 g/mol. The van der Waals surface area contributed by atoms with Crippen molar-refractivity contribution in [1.29, 1.82) is 0 Å². The highest BCUT2D eigenvalue weighted by Gasteiger charge is 2.39. The van der Waals surface area contributed by atoms with Crippen LogP contribution in [0.25, 0.3) is 0 Å². The van der Waals surface area contributed by atoms with E-state index in [0.717, 1.165) is 0 Å². The highest BCUT2D eigenvalue weighted by Crippen LogP contribution is 2.35. The Balaban J connectivity index is 3.32. The van der Waals surface area contributed by atoms with Crippen LogP contribution in [0.5, 0.6) is 0 Å². The number of benzene rings is 1. The summed E-state index contributed by atoms with van der Waals surface area (Å²) >= 11 is 0. The molecule has 98 valence electrons. The molecule has 18 heavy (non-hydrogen) atoms. The molecule has 5 nitrogen and oxygen atoms in total. The summed E-state index contributed by atoms with van der Waals surface area (Å²) in [6.45, 7) is 5.46. The average Bonchev–Trinajstić information content (AvgIpc) is 2.38. The van der Waals surface area contributed by atoms with E-state index >= 15 is 0 Å². The zero-order valence-corrected chi connectivity index (χ0v) is 10.8. The summed E-state index contributed by atoms with van der Waals surface area (Å²) in [5.41, 5.74) is -0.634. The van der Waals surface area contributed by atoms with Gasteiger partial charge < -0.3 is 4.74 Å². The molecular weight excluding hydrogens is 234 g/mol. The van der Waals surface area contributed by atoms with Gasteiger partial charge in [0.15, 0.2) is 0 Å². The molecule has 0 saturated carbocycles. The topological polar surface area (TPSA) is 69.4 Å². The highest BCUT2D eigenvalue weighted by atomic mass is 16.6. The largest absolute Gasteiger partial charge is 0.465 e. The van der Waals surface area contributed by atoms with Crippen molar-refractivity contribution >= 4 is 11.7 Å². The van der Waals surface area contributed by atoms with Crippen LogP contribution in [0.15, 0.2) is 24.3 Å². The molecule has 0 amide bonds. The van der Waals surface area contributed by atoms with Gasteiger partial charge in [0.1, 0.15) is 0 Å². The van der Waals surface area contributed by atoms with Crippen LogP contribution < -0.4 is 0 Å². The number of carbonyl (C=O) groups excluding carboxylic acids is 1. The van der Waals surface area contributed by atoms with Gasteiger partial charge in [-0.1, -0.05) is 25.1 Å². The number of esters is 1. The van der Waals surface area contributed by atoms with Gasteiger partial charge in [-0.25, -0.2) is 0 Å². The molecule has 1 rings (SSSR count). The number of hydrogen-bond donors (Lipinski definition) is 0. The molecule has 5 heteroatoms. The quantitative estimate of drug-likeness (QED) is 0.458. The van der Waals surface area contributed by atoms with Crippen molar-refractivity contribution in [3.05, 3.63) is 39.9 Å². The van der Waals surface area contributed by atoms with Gasteiger partial charge in [0.2, 0.25) is 0 Å². The first-order valence-electron chi connectivity index (χ1n) is 5.88. The van der Waals surface area contributed by atoms with Crippen molar-refractivity contribution in [1.82, 2.24) is 0 Å². The molecule has 0 bridgehead atoms. The van der Waals surface area contributed by atoms with Crippen LogP contribution in [0.4, 0.5) is 5.69 Å². The fourth-order valence-corrected chi connectivity index (χ4v) is 1.83. The summed E-state index contributed by atoms with van der Waals surface area (Å²) in [4.78, 5) is 22.6. The fraction of sp³-hybridized carbons (Fsp3) is 0.462. The lowest BCUT2D eigenvalue weighted by Crippen LogP contribution is -2.34. The second-order valence-electron chi connectivity index (χ2n) is 4.18. The summed E-state index contributed by atoms with van der Waals surface area (Å²) in [5.74, 6) is -0.429. The lowest BCUT2D eigenvalue weighted by molar-refractivity contribution is -0.386. The third-order valence-electron chi connectivity index (χ3n) is 3.13. The van der Waals surface area contributed by atoms with Gasteiger partial charge in [0.05, 0.1) is 16.9 Å². The van der Waals surface area contributed by atoms with Gasteiger partial charge in [-0.2, -0.15) is 0 Å². The van der Waals surface area contributed by atoms with Gasteiger partial charge in [0.25, 0.3) is 5.69 Å². The molecule has 0 radical (unpaired) electrons. The predicted molar refractivity (Wildman–Crippen MR) is 67.4 cm³/mol. The van der Waals surface area contributed by atoms with Gasteiger partial charge in [-0.3, -0.25) is 14.9 Å². The van der Waals surface area contributed by atoms with Crippen LogP contribution in [-0.4, -0.2) is 17.5 Å². The highest BCUT2D eigenvalue weighted by molar-refractivity contribution is 5.84. The normalized spacial score (nSPS) is 13.7. The van der Waals surface area contributed by atoms with Crippen LogP contribution in [0, 0.1) is 10.1 Å². The van der Waals surface area contributed by atoms with E-state index in [-0.39, 0.29) is 12.3 Å². The van der Waals surface area contributed by atoms with Crippen LogP contribution >= 0.6 is 0 Å². The molecule has 1 unspecified atom stereocenters. The monoisotopic (exact) mass is 251 g/mol. The zero-order chi connectivity index (χ0) is 13.8. The van der Waals surface area contributed by atoms with E-state index in [4.69, 9.17) is 4.74 Å². The molecule has 1 aromatic rings. The molecule has 0 saturated heterocycles. The van der Waals surface area contributed by atoms with E-state index in [1.807, 2.05) is 6.92 Å². The minimum absolute atomic E-state index is 0.0464. The molecule has 1 aromatic carbocycles. The van der Waals surface area contributed by atoms with E-state index in [2.05, 4.69) is 0 Å². The van der Waals surface area contributed by atoms with E-state index in [9.17, 15) is 14.9 Å². The maximum atomic E-state index is 12.0. The second-order valence-corrected chi connectivity index (χ2v) is 4.18. The molecule has 0 N–H and O–H groups in total. The van der Waals surface area contributed by atoms with Crippen LogP contribution in [-0.2, 0) is 14.9 Å². The number of hydrogen-bond acceptors (Lipinski definition) is 4. The Morgan fingerprint density at radius 3 is 2.50 bits per heavy atom. The van der Waals surface area contributed by atoms with E-state index in [0.29, 0.717) is 12.0 Å². The number of nitrogens with zero attached hydrogens (tertiary/aromatic N) is 1. The van der Waals surface area contributed by atoms with Crippen LogP contribution in [0.1, 0.15) is 32.8 Å². The molecule has 0 spiro atoms. The predicted octanol–water partition coefficient (Wildman–Crippen LogP) is 2.83. The Hall–Kier alpha value is -1.91. The number of para-hydroxylation sites is 1. The van der Waals surface area contributed by atoms with Crippen LogP contribution in [0.3, 0.4) is 0 Å². The standard InChI is InChI=1S/C13H17NO4/c1-4-13(3,12(15)18-5-2)10-8-6-7-9-11(10)14(16)17/h6-9H,4-5H2,1-3H3. The first-order valence-corrected chi connectivity index (χ1v) is 5.88. The van der Waals surface area contributed by atoms with Gasteiger partial charge in [-0.15, -0.1) is 0 Å². The number of nitro benzene ring substituents is 1. The summed E-state index contributed by atoms with van der Waals surface area (Å²) in [6.07, 6.45) is 0.441. The molecular formula is C13H17NO4. The second kappa shape index (κ2) is 5.62. The smallest absolute Gasteiger partial charge is 0.316 e. The van der Waals surface area contributed by atoms with Crippen molar-refractivity contribution in [2.45, 2.75) is 32.6 Å². The lowest BCUT2D eigenvalue weighted by atomic mass is 9.79. The summed E-state index contributed by atoms with van der Waals surface area (Å²) in [6, 6.07) is 6.29. The number of rotatable bonds is 5.